The molecule has 0 saturated carbocycles. The van der Waals surface area contributed by atoms with Crippen molar-refractivity contribution in [3.05, 3.63) is 59.7 Å². The summed E-state index contributed by atoms with van der Waals surface area (Å²) in [5.74, 6) is -4.09. The summed E-state index contributed by atoms with van der Waals surface area (Å²) >= 11 is 0. The molecule has 6 N–H and O–H groups in total. The molecule has 1 aliphatic rings. The highest BCUT2D eigenvalue weighted by molar-refractivity contribution is 5.94. The SMILES string of the molecule is C[C@@H](NC(=O)[C@@H](C)NC(=O)[C@@H](C)NC(=O)[C@@H](C)NC(=O)CNC(=O)OCC1c2ccccc2-c2ccccc21)C(=O)O. The van der Waals surface area contributed by atoms with Crippen LogP contribution < -0.4 is 26.6 Å². The number of alkyl carbamates (subject to hydrolysis) is 1. The Morgan fingerprint density at radius 2 is 1.12 bits per heavy atom. The van der Waals surface area contributed by atoms with E-state index < -0.39 is 66.4 Å². The van der Waals surface area contributed by atoms with E-state index in [-0.39, 0.29) is 12.5 Å². The number of fused-ring (bicyclic) bond motifs is 3. The highest BCUT2D eigenvalue weighted by atomic mass is 16.5. The molecule has 3 rings (SSSR count). The van der Waals surface area contributed by atoms with E-state index in [2.05, 4.69) is 26.6 Å². The minimum Gasteiger partial charge on any atom is -0.480 e. The third kappa shape index (κ3) is 8.05. The fraction of sp³-hybridized carbons (Fsp3) is 0.379. The normalized spacial score (nSPS) is 14.6. The van der Waals surface area contributed by atoms with Gasteiger partial charge < -0.3 is 36.4 Å². The first kappa shape index (κ1) is 31.6. The van der Waals surface area contributed by atoms with Crippen LogP contribution in [-0.4, -0.2) is 78.1 Å². The average molecular weight is 582 g/mol. The Morgan fingerprint density at radius 3 is 1.60 bits per heavy atom. The van der Waals surface area contributed by atoms with Gasteiger partial charge in [0.1, 0.15) is 37.3 Å². The molecule has 4 atom stereocenters. The van der Waals surface area contributed by atoms with E-state index in [1.165, 1.54) is 27.7 Å². The molecule has 0 heterocycles. The molecule has 42 heavy (non-hydrogen) atoms. The predicted molar refractivity (Wildman–Crippen MR) is 151 cm³/mol. The topological polar surface area (TPSA) is 192 Å². The first-order valence-corrected chi connectivity index (χ1v) is 13.4. The molecule has 224 valence electrons. The van der Waals surface area contributed by atoms with Gasteiger partial charge in [0.25, 0.3) is 0 Å². The van der Waals surface area contributed by atoms with Gasteiger partial charge in [0.05, 0.1) is 0 Å². The number of nitrogens with one attached hydrogen (secondary N) is 5. The minimum atomic E-state index is -1.23. The molecule has 0 radical (unpaired) electrons. The lowest BCUT2D eigenvalue weighted by Crippen LogP contribution is -2.56. The highest BCUT2D eigenvalue weighted by Crippen LogP contribution is 2.44. The number of carboxylic acids is 1. The van der Waals surface area contributed by atoms with Crippen molar-refractivity contribution in [1.29, 1.82) is 0 Å². The van der Waals surface area contributed by atoms with E-state index in [1.54, 1.807) is 0 Å². The Labute approximate surface area is 242 Å². The van der Waals surface area contributed by atoms with Crippen LogP contribution in [0.3, 0.4) is 0 Å². The van der Waals surface area contributed by atoms with Crippen molar-refractivity contribution >= 4 is 35.7 Å². The fourth-order valence-corrected chi connectivity index (χ4v) is 4.37. The maximum absolute atomic E-state index is 12.5. The van der Waals surface area contributed by atoms with Gasteiger partial charge in [-0.05, 0) is 49.9 Å². The van der Waals surface area contributed by atoms with Crippen LogP contribution in [0.5, 0.6) is 0 Å². The summed E-state index contributed by atoms with van der Waals surface area (Å²) in [4.78, 5) is 72.3. The van der Waals surface area contributed by atoms with Gasteiger partial charge in [-0.15, -0.1) is 0 Å². The van der Waals surface area contributed by atoms with Gasteiger partial charge in [0, 0.05) is 5.92 Å². The Morgan fingerprint density at radius 1 is 0.690 bits per heavy atom. The second-order valence-corrected chi connectivity index (χ2v) is 10.00. The highest BCUT2D eigenvalue weighted by Gasteiger charge is 2.29. The van der Waals surface area contributed by atoms with Crippen LogP contribution in [0.2, 0.25) is 0 Å². The summed E-state index contributed by atoms with van der Waals surface area (Å²) < 4.78 is 5.39. The van der Waals surface area contributed by atoms with Crippen LogP contribution in [0.1, 0.15) is 44.7 Å². The van der Waals surface area contributed by atoms with Crippen LogP contribution in [-0.2, 0) is 28.7 Å². The minimum absolute atomic E-state index is 0.0824. The van der Waals surface area contributed by atoms with Crippen molar-refractivity contribution in [2.45, 2.75) is 57.8 Å². The van der Waals surface area contributed by atoms with E-state index in [0.717, 1.165) is 22.3 Å². The number of ether oxygens (including phenoxy) is 1. The van der Waals surface area contributed by atoms with Gasteiger partial charge in [-0.25, -0.2) is 4.79 Å². The molecule has 1 aliphatic carbocycles. The zero-order valence-corrected chi connectivity index (χ0v) is 23.7. The van der Waals surface area contributed by atoms with Gasteiger partial charge in [-0.1, -0.05) is 48.5 Å². The number of carboxylic acid groups (broad SMARTS) is 1. The third-order valence-corrected chi connectivity index (χ3v) is 6.74. The molecule has 13 nitrogen and oxygen atoms in total. The maximum atomic E-state index is 12.5. The van der Waals surface area contributed by atoms with E-state index in [1.807, 2.05) is 48.5 Å². The van der Waals surface area contributed by atoms with E-state index in [0.29, 0.717) is 0 Å². The number of hydrogen-bond acceptors (Lipinski definition) is 7. The van der Waals surface area contributed by atoms with Crippen LogP contribution in [0.15, 0.2) is 48.5 Å². The molecule has 0 bridgehead atoms. The Bertz CT molecular complexity index is 1320. The summed E-state index contributed by atoms with van der Waals surface area (Å²) in [6.07, 6.45) is -0.787. The number of rotatable bonds is 12. The van der Waals surface area contributed by atoms with Crippen LogP contribution in [0, 0.1) is 0 Å². The Kier molecular flexibility index (Phi) is 10.6. The molecule has 2 aromatic rings. The van der Waals surface area contributed by atoms with Crippen LogP contribution >= 0.6 is 0 Å². The largest absolute Gasteiger partial charge is 0.480 e. The molecule has 0 unspecified atom stereocenters. The second-order valence-electron chi connectivity index (χ2n) is 10.00. The van der Waals surface area contributed by atoms with E-state index >= 15 is 0 Å². The van der Waals surface area contributed by atoms with Crippen molar-refractivity contribution in [3.63, 3.8) is 0 Å². The third-order valence-electron chi connectivity index (χ3n) is 6.74. The standard InChI is InChI=1S/C29H35N5O8/c1-15(25(36)32-16(2)26(37)33-17(3)27(38)34-18(4)28(39)40)31-24(35)13-30-29(41)42-14-23-21-11-7-5-9-19(21)20-10-6-8-12-22(20)23/h5-12,15-18,23H,13-14H2,1-4H3,(H,30,41)(H,31,35)(H,32,36)(H,33,37)(H,34,38)(H,39,40)/t15-,16-,17-,18-/m1/s1. The zero-order valence-electron chi connectivity index (χ0n) is 23.7. The maximum Gasteiger partial charge on any atom is 0.407 e. The summed E-state index contributed by atoms with van der Waals surface area (Å²) in [6, 6.07) is 11.5. The lowest BCUT2D eigenvalue weighted by molar-refractivity contribution is -0.141. The Balaban J connectivity index is 1.39. The van der Waals surface area contributed by atoms with Crippen molar-refractivity contribution < 1.29 is 38.6 Å². The van der Waals surface area contributed by atoms with Gasteiger partial charge >= 0.3 is 12.1 Å². The van der Waals surface area contributed by atoms with Crippen LogP contribution in [0.25, 0.3) is 11.1 Å². The first-order valence-electron chi connectivity index (χ1n) is 13.4. The lowest BCUT2D eigenvalue weighted by atomic mass is 9.98. The average Bonchev–Trinajstić information content (AvgIpc) is 3.28. The number of hydrogen-bond donors (Lipinski definition) is 6. The fourth-order valence-electron chi connectivity index (χ4n) is 4.37. The molecule has 13 heteroatoms. The van der Waals surface area contributed by atoms with E-state index in [4.69, 9.17) is 9.84 Å². The molecule has 0 saturated heterocycles. The number of amides is 5. The number of carbonyl (C=O) groups is 6. The molecule has 5 amide bonds. The quantitative estimate of drug-likeness (QED) is 0.210. The van der Waals surface area contributed by atoms with Crippen molar-refractivity contribution in [2.24, 2.45) is 0 Å². The molecule has 0 fully saturated rings. The number of carbonyl (C=O) groups excluding carboxylic acids is 5. The number of benzene rings is 2. The second kappa shape index (κ2) is 14.1. The van der Waals surface area contributed by atoms with E-state index in [9.17, 15) is 28.8 Å². The van der Waals surface area contributed by atoms with Gasteiger partial charge in [0.2, 0.25) is 23.6 Å². The molecule has 2 aromatic carbocycles. The molecule has 0 spiro atoms. The predicted octanol–water partition coefficient (Wildman–Crippen LogP) is 0.629. The summed E-state index contributed by atoms with van der Waals surface area (Å²) in [6.45, 7) is 5.06. The smallest absolute Gasteiger partial charge is 0.407 e. The van der Waals surface area contributed by atoms with Gasteiger partial charge in [-0.3, -0.25) is 24.0 Å². The van der Waals surface area contributed by atoms with Crippen molar-refractivity contribution in [3.8, 4) is 11.1 Å². The monoisotopic (exact) mass is 581 g/mol. The van der Waals surface area contributed by atoms with Gasteiger partial charge in [0.15, 0.2) is 0 Å². The molecular weight excluding hydrogens is 546 g/mol. The summed E-state index contributed by atoms with van der Waals surface area (Å²) in [5.41, 5.74) is 4.28. The zero-order chi connectivity index (χ0) is 31.0. The molecule has 0 aromatic heterocycles. The lowest BCUT2D eigenvalue weighted by Gasteiger charge is -2.21. The van der Waals surface area contributed by atoms with Crippen molar-refractivity contribution in [2.75, 3.05) is 13.2 Å². The van der Waals surface area contributed by atoms with Crippen LogP contribution in [0.4, 0.5) is 4.79 Å². The van der Waals surface area contributed by atoms with Gasteiger partial charge in [-0.2, -0.15) is 0 Å². The molecular formula is C29H35N5O8. The Hall–Kier alpha value is -4.94. The first-order chi connectivity index (χ1) is 19.9. The summed E-state index contributed by atoms with van der Waals surface area (Å²) in [5, 5.41) is 20.7. The molecule has 0 aliphatic heterocycles. The number of aliphatic carboxylic acids is 1. The van der Waals surface area contributed by atoms with Crippen molar-refractivity contribution in [1.82, 2.24) is 26.6 Å². The summed E-state index contributed by atoms with van der Waals surface area (Å²) in [7, 11) is 0.